The molecule has 0 bridgehead atoms. The minimum absolute atomic E-state index is 0.0965. The van der Waals surface area contributed by atoms with Gasteiger partial charge in [0.05, 0.1) is 5.25 Å². The Balaban J connectivity index is 1.29. The number of hydrogen-bond acceptors (Lipinski definition) is 7. The smallest absolute Gasteiger partial charge is 0.272 e. The van der Waals surface area contributed by atoms with Gasteiger partial charge in [0.25, 0.3) is 11.8 Å². The Morgan fingerprint density at radius 1 is 0.927 bits per heavy atom. The Morgan fingerprint density at radius 3 is 2.39 bits per heavy atom. The first-order valence-corrected chi connectivity index (χ1v) is 14.4. The van der Waals surface area contributed by atoms with E-state index in [1.54, 1.807) is 55.6 Å². The zero-order chi connectivity index (χ0) is 28.8. The summed E-state index contributed by atoms with van der Waals surface area (Å²) in [6.45, 7) is 3.63. The summed E-state index contributed by atoms with van der Waals surface area (Å²) in [5.74, 6) is -1.04. The lowest BCUT2D eigenvalue weighted by Crippen LogP contribution is -2.30. The number of hydrogen-bond donors (Lipinski definition) is 4. The lowest BCUT2D eigenvalue weighted by atomic mass is 10.1. The molecule has 2 aromatic heterocycles. The summed E-state index contributed by atoms with van der Waals surface area (Å²) in [5.41, 5.74) is 2.76. The Hall–Kier alpha value is -4.74. The highest BCUT2D eigenvalue weighted by atomic mass is 32.2. The van der Waals surface area contributed by atoms with Crippen LogP contribution in [-0.4, -0.2) is 38.2 Å². The number of rotatable bonds is 9. The summed E-state index contributed by atoms with van der Waals surface area (Å²) in [4.78, 5) is 42.9. The Labute approximate surface area is 244 Å². The number of carbonyl (C=O) groups is 3. The van der Waals surface area contributed by atoms with E-state index in [0.29, 0.717) is 16.4 Å². The third-order valence-corrected chi connectivity index (χ3v) is 7.87. The van der Waals surface area contributed by atoms with E-state index in [0.717, 1.165) is 26.4 Å². The van der Waals surface area contributed by atoms with Crippen LogP contribution in [0.2, 0.25) is 0 Å². The van der Waals surface area contributed by atoms with E-state index in [1.807, 2.05) is 49.4 Å². The number of H-pyrrole nitrogens is 1. The van der Waals surface area contributed by atoms with E-state index in [1.165, 1.54) is 23.1 Å². The molecular weight excluding hydrogens is 557 g/mol. The molecule has 0 saturated carbocycles. The molecule has 9 nitrogen and oxygen atoms in total. The SMILES string of the molecule is Cc1nnc(NC(=O)[C@H](C)Sc2ccc(NC(=O)/C(=C/c3c[nH]c4ccccc34)NC(=O)c3ccccc3)cc2)s1. The van der Waals surface area contributed by atoms with Gasteiger partial charge in [-0.1, -0.05) is 47.7 Å². The third-order valence-electron chi connectivity index (χ3n) is 6.00. The van der Waals surface area contributed by atoms with Gasteiger partial charge in [-0.2, -0.15) is 0 Å². The van der Waals surface area contributed by atoms with Gasteiger partial charge >= 0.3 is 0 Å². The highest BCUT2D eigenvalue weighted by Gasteiger charge is 2.18. The van der Waals surface area contributed by atoms with Crippen molar-refractivity contribution in [3.63, 3.8) is 0 Å². The number of nitrogens with one attached hydrogen (secondary N) is 4. The maximum absolute atomic E-state index is 13.4. The Morgan fingerprint density at radius 2 is 1.66 bits per heavy atom. The molecule has 3 aromatic carbocycles. The number of thioether (sulfide) groups is 1. The summed E-state index contributed by atoms with van der Waals surface area (Å²) in [5, 5.41) is 18.0. The van der Waals surface area contributed by atoms with E-state index in [4.69, 9.17) is 0 Å². The second-order valence-electron chi connectivity index (χ2n) is 9.02. The fourth-order valence-electron chi connectivity index (χ4n) is 3.94. The minimum atomic E-state index is -0.472. The molecule has 4 N–H and O–H groups in total. The molecule has 0 spiro atoms. The van der Waals surface area contributed by atoms with Crippen LogP contribution < -0.4 is 16.0 Å². The molecule has 2 heterocycles. The number of aryl methyl sites for hydroxylation is 1. The van der Waals surface area contributed by atoms with Crippen LogP contribution in [-0.2, 0) is 9.59 Å². The van der Waals surface area contributed by atoms with Crippen LogP contribution in [0.1, 0.15) is 27.9 Å². The fraction of sp³-hybridized carbons (Fsp3) is 0.100. The molecule has 5 rings (SSSR count). The number of carbonyl (C=O) groups excluding carboxylic acids is 3. The zero-order valence-corrected chi connectivity index (χ0v) is 23.8. The number of benzene rings is 3. The van der Waals surface area contributed by atoms with Crippen LogP contribution in [0.4, 0.5) is 10.8 Å². The van der Waals surface area contributed by atoms with Gasteiger partial charge in [-0.15, -0.1) is 22.0 Å². The molecule has 0 unspecified atom stereocenters. The number of amides is 3. The molecule has 0 saturated heterocycles. The van der Waals surface area contributed by atoms with Gasteiger partial charge in [0.1, 0.15) is 10.7 Å². The average Bonchev–Trinajstić information content (AvgIpc) is 3.59. The highest BCUT2D eigenvalue weighted by Crippen LogP contribution is 2.27. The maximum Gasteiger partial charge on any atom is 0.272 e. The van der Waals surface area contributed by atoms with Crippen LogP contribution in [0.25, 0.3) is 17.0 Å². The van der Waals surface area contributed by atoms with Crippen molar-refractivity contribution < 1.29 is 14.4 Å². The summed E-state index contributed by atoms with van der Waals surface area (Å²) >= 11 is 2.70. The highest BCUT2D eigenvalue weighted by molar-refractivity contribution is 8.00. The summed E-state index contributed by atoms with van der Waals surface area (Å²) in [6, 6.07) is 23.6. The van der Waals surface area contributed by atoms with E-state index in [-0.39, 0.29) is 16.9 Å². The summed E-state index contributed by atoms with van der Waals surface area (Å²) in [6.07, 6.45) is 3.45. The van der Waals surface area contributed by atoms with Gasteiger partial charge < -0.3 is 15.6 Å². The molecule has 0 radical (unpaired) electrons. The first kappa shape index (κ1) is 27.8. The standard InChI is InChI=1S/C30H26N6O3S2/c1-18(27(37)34-30-36-35-19(2)41-30)40-23-14-12-22(13-15-23)32-29(39)26(33-28(38)20-8-4-3-5-9-20)16-21-17-31-25-11-7-6-10-24(21)25/h3-18,31H,1-2H3,(H,32,39)(H,33,38)(H,34,36,37)/b26-16-/t18-/m0/s1. The molecule has 1 atom stereocenters. The molecule has 0 aliphatic carbocycles. The minimum Gasteiger partial charge on any atom is -0.361 e. The van der Waals surface area contributed by atoms with Gasteiger partial charge in [0.15, 0.2) is 0 Å². The third kappa shape index (κ3) is 7.07. The first-order chi connectivity index (χ1) is 19.9. The lowest BCUT2D eigenvalue weighted by molar-refractivity contribution is -0.115. The van der Waals surface area contributed by atoms with Gasteiger partial charge in [-0.3, -0.25) is 19.7 Å². The predicted octanol–water partition coefficient (Wildman–Crippen LogP) is 5.86. The van der Waals surface area contributed by atoms with Gasteiger partial charge in [-0.05, 0) is 62.4 Å². The summed E-state index contributed by atoms with van der Waals surface area (Å²) < 4.78 is 0. The number of nitrogens with zero attached hydrogens (tertiary/aromatic N) is 2. The molecule has 0 fully saturated rings. The molecule has 0 aliphatic heterocycles. The second kappa shape index (κ2) is 12.6. The Kier molecular flexibility index (Phi) is 8.56. The van der Waals surface area contributed by atoms with E-state index < -0.39 is 11.8 Å². The van der Waals surface area contributed by atoms with Crippen LogP contribution >= 0.6 is 23.1 Å². The van der Waals surface area contributed by atoms with Crippen LogP contribution in [0.3, 0.4) is 0 Å². The van der Waals surface area contributed by atoms with Crippen molar-refractivity contribution in [3.05, 3.63) is 107 Å². The molecular formula is C30H26N6O3S2. The molecule has 206 valence electrons. The monoisotopic (exact) mass is 582 g/mol. The van der Waals surface area contributed by atoms with E-state index in [9.17, 15) is 14.4 Å². The average molecular weight is 583 g/mol. The van der Waals surface area contributed by atoms with E-state index in [2.05, 4.69) is 31.1 Å². The van der Waals surface area contributed by atoms with Crippen molar-refractivity contribution in [1.29, 1.82) is 0 Å². The van der Waals surface area contributed by atoms with Crippen LogP contribution in [0, 0.1) is 6.92 Å². The van der Waals surface area contributed by atoms with Gasteiger partial charge in [-0.25, -0.2) is 0 Å². The largest absolute Gasteiger partial charge is 0.361 e. The molecule has 41 heavy (non-hydrogen) atoms. The molecule has 5 aromatic rings. The van der Waals surface area contributed by atoms with Gasteiger partial charge in [0.2, 0.25) is 11.0 Å². The van der Waals surface area contributed by atoms with Crippen molar-refractivity contribution in [2.24, 2.45) is 0 Å². The maximum atomic E-state index is 13.4. The number of anilines is 2. The number of aromatic nitrogens is 3. The first-order valence-electron chi connectivity index (χ1n) is 12.7. The predicted molar refractivity (Wildman–Crippen MR) is 164 cm³/mol. The summed E-state index contributed by atoms with van der Waals surface area (Å²) in [7, 11) is 0. The number of para-hydroxylation sites is 1. The van der Waals surface area contributed by atoms with Crippen molar-refractivity contribution in [2.45, 2.75) is 24.0 Å². The quantitative estimate of drug-likeness (QED) is 0.127. The van der Waals surface area contributed by atoms with Crippen molar-refractivity contribution in [3.8, 4) is 0 Å². The normalized spacial score (nSPS) is 12.1. The van der Waals surface area contributed by atoms with Crippen molar-refractivity contribution >= 4 is 68.6 Å². The van der Waals surface area contributed by atoms with E-state index >= 15 is 0 Å². The molecule has 11 heteroatoms. The van der Waals surface area contributed by atoms with Crippen LogP contribution in [0.15, 0.2) is 95.7 Å². The second-order valence-corrected chi connectivity index (χ2v) is 11.6. The number of fused-ring (bicyclic) bond motifs is 1. The fourth-order valence-corrected chi connectivity index (χ4v) is 5.40. The van der Waals surface area contributed by atoms with Crippen LogP contribution in [0.5, 0.6) is 0 Å². The topological polar surface area (TPSA) is 129 Å². The Bertz CT molecular complexity index is 1730. The number of aromatic amines is 1. The lowest BCUT2D eigenvalue weighted by Gasteiger charge is -2.13. The molecule has 3 amide bonds. The zero-order valence-electron chi connectivity index (χ0n) is 22.2. The van der Waals surface area contributed by atoms with Crippen molar-refractivity contribution in [2.75, 3.05) is 10.6 Å². The van der Waals surface area contributed by atoms with Gasteiger partial charge in [0, 0.05) is 38.8 Å². The molecule has 0 aliphatic rings. The van der Waals surface area contributed by atoms with Crippen molar-refractivity contribution in [1.82, 2.24) is 20.5 Å².